The molecule has 1 aromatic rings. The van der Waals surface area contributed by atoms with Crippen molar-refractivity contribution >= 4 is 11.6 Å². The van der Waals surface area contributed by atoms with Crippen molar-refractivity contribution in [2.24, 2.45) is 11.7 Å². The van der Waals surface area contributed by atoms with E-state index in [4.69, 9.17) is 16.2 Å². The Morgan fingerprint density at radius 1 is 1.56 bits per heavy atom. The summed E-state index contributed by atoms with van der Waals surface area (Å²) in [5.41, 5.74) is 11.3. The standard InChI is InChI=1S/C11H17N3O2/c1-7(2)3-4-16-11-9(10(13)15)5-8(12)6-14-11/h5-7H,3-4,12H2,1-2H3,(H2,13,15). The Bertz CT molecular complexity index is 377. The molecule has 0 saturated carbocycles. The Balaban J connectivity index is 2.75. The summed E-state index contributed by atoms with van der Waals surface area (Å²) in [4.78, 5) is 15.1. The molecule has 0 aliphatic rings. The number of pyridine rings is 1. The lowest BCUT2D eigenvalue weighted by molar-refractivity contribution is 0.0995. The van der Waals surface area contributed by atoms with Crippen LogP contribution in [0.25, 0.3) is 0 Å². The number of aromatic nitrogens is 1. The summed E-state index contributed by atoms with van der Waals surface area (Å²) >= 11 is 0. The van der Waals surface area contributed by atoms with Crippen LogP contribution in [-0.4, -0.2) is 17.5 Å². The summed E-state index contributed by atoms with van der Waals surface area (Å²) in [6, 6.07) is 1.47. The monoisotopic (exact) mass is 223 g/mol. The summed E-state index contributed by atoms with van der Waals surface area (Å²) in [6.45, 7) is 4.69. The van der Waals surface area contributed by atoms with Gasteiger partial charge in [0.05, 0.1) is 18.5 Å². The zero-order chi connectivity index (χ0) is 12.1. The van der Waals surface area contributed by atoms with Crippen LogP contribution < -0.4 is 16.2 Å². The second-order valence-electron chi connectivity index (χ2n) is 4.02. The maximum atomic E-state index is 11.1. The normalized spacial score (nSPS) is 10.4. The highest BCUT2D eigenvalue weighted by molar-refractivity contribution is 5.95. The Labute approximate surface area is 94.8 Å². The molecule has 0 spiro atoms. The number of nitrogens with zero attached hydrogens (tertiary/aromatic N) is 1. The highest BCUT2D eigenvalue weighted by Crippen LogP contribution is 2.17. The average molecular weight is 223 g/mol. The van der Waals surface area contributed by atoms with Crippen LogP contribution in [-0.2, 0) is 0 Å². The fourth-order valence-electron chi connectivity index (χ4n) is 1.15. The van der Waals surface area contributed by atoms with Crippen molar-refractivity contribution in [1.82, 2.24) is 4.98 Å². The first-order valence-electron chi connectivity index (χ1n) is 5.19. The molecule has 0 aliphatic carbocycles. The maximum Gasteiger partial charge on any atom is 0.254 e. The van der Waals surface area contributed by atoms with Gasteiger partial charge in [-0.25, -0.2) is 4.98 Å². The van der Waals surface area contributed by atoms with Crippen molar-refractivity contribution in [1.29, 1.82) is 0 Å². The van der Waals surface area contributed by atoms with Crippen molar-refractivity contribution in [3.8, 4) is 5.88 Å². The number of carbonyl (C=O) groups excluding carboxylic acids is 1. The van der Waals surface area contributed by atoms with Crippen molar-refractivity contribution in [3.05, 3.63) is 17.8 Å². The van der Waals surface area contributed by atoms with Crippen LogP contribution in [0.4, 0.5) is 5.69 Å². The second kappa shape index (κ2) is 5.34. The quantitative estimate of drug-likeness (QED) is 0.784. The third kappa shape index (κ3) is 3.42. The molecule has 0 atom stereocenters. The summed E-state index contributed by atoms with van der Waals surface area (Å²) in [5, 5.41) is 0. The molecule has 1 amide bonds. The van der Waals surface area contributed by atoms with Crippen LogP contribution in [0.5, 0.6) is 5.88 Å². The lowest BCUT2D eigenvalue weighted by Crippen LogP contribution is -2.15. The Kier molecular flexibility index (Phi) is 4.10. The number of hydrogen-bond acceptors (Lipinski definition) is 4. The molecule has 5 heteroatoms. The van der Waals surface area contributed by atoms with Gasteiger partial charge in [0.15, 0.2) is 0 Å². The first-order chi connectivity index (χ1) is 7.50. The molecule has 4 N–H and O–H groups in total. The smallest absolute Gasteiger partial charge is 0.254 e. The third-order valence-corrected chi connectivity index (χ3v) is 2.07. The number of anilines is 1. The minimum atomic E-state index is -0.584. The molecule has 88 valence electrons. The van der Waals surface area contributed by atoms with Crippen molar-refractivity contribution in [2.75, 3.05) is 12.3 Å². The first kappa shape index (κ1) is 12.3. The van der Waals surface area contributed by atoms with Gasteiger partial charge in [0.25, 0.3) is 5.91 Å². The molecule has 0 aliphatic heterocycles. The molecular formula is C11H17N3O2. The van der Waals surface area contributed by atoms with Gasteiger partial charge in [-0.3, -0.25) is 4.79 Å². The lowest BCUT2D eigenvalue weighted by atomic mass is 10.1. The fourth-order valence-corrected chi connectivity index (χ4v) is 1.15. The maximum absolute atomic E-state index is 11.1. The largest absolute Gasteiger partial charge is 0.477 e. The zero-order valence-electron chi connectivity index (χ0n) is 9.56. The van der Waals surface area contributed by atoms with E-state index in [-0.39, 0.29) is 11.4 Å². The van der Waals surface area contributed by atoms with Gasteiger partial charge in [0.2, 0.25) is 5.88 Å². The molecule has 0 radical (unpaired) electrons. The molecule has 1 aromatic heterocycles. The molecule has 5 nitrogen and oxygen atoms in total. The first-order valence-corrected chi connectivity index (χ1v) is 5.19. The fraction of sp³-hybridized carbons (Fsp3) is 0.455. The average Bonchev–Trinajstić information content (AvgIpc) is 2.19. The van der Waals surface area contributed by atoms with Gasteiger partial charge in [-0.1, -0.05) is 13.8 Å². The number of primary amides is 1. The van der Waals surface area contributed by atoms with Gasteiger partial charge in [0.1, 0.15) is 5.56 Å². The topological polar surface area (TPSA) is 91.2 Å². The summed E-state index contributed by atoms with van der Waals surface area (Å²) in [6.07, 6.45) is 2.33. The molecule has 0 bridgehead atoms. The number of amides is 1. The van der Waals surface area contributed by atoms with E-state index in [2.05, 4.69) is 18.8 Å². The number of nitrogen functional groups attached to an aromatic ring is 1. The van der Waals surface area contributed by atoms with E-state index >= 15 is 0 Å². The summed E-state index contributed by atoms with van der Waals surface area (Å²) in [5.74, 6) is 0.201. The molecule has 1 heterocycles. The van der Waals surface area contributed by atoms with Gasteiger partial charge >= 0.3 is 0 Å². The number of nitrogens with two attached hydrogens (primary N) is 2. The van der Waals surface area contributed by atoms with E-state index in [0.29, 0.717) is 18.2 Å². The van der Waals surface area contributed by atoms with Crippen LogP contribution in [0, 0.1) is 5.92 Å². The highest BCUT2D eigenvalue weighted by Gasteiger charge is 2.11. The molecule has 16 heavy (non-hydrogen) atoms. The summed E-state index contributed by atoms with van der Waals surface area (Å²) in [7, 11) is 0. The van der Waals surface area contributed by atoms with Gasteiger partial charge in [-0.05, 0) is 18.4 Å². The Morgan fingerprint density at radius 3 is 2.81 bits per heavy atom. The molecule has 1 rings (SSSR count). The van der Waals surface area contributed by atoms with E-state index < -0.39 is 5.91 Å². The minimum absolute atomic E-state index is 0.226. The van der Waals surface area contributed by atoms with E-state index in [9.17, 15) is 4.79 Å². The molecule has 0 saturated heterocycles. The van der Waals surface area contributed by atoms with Crippen LogP contribution in [0.2, 0.25) is 0 Å². The van der Waals surface area contributed by atoms with E-state index in [1.807, 2.05) is 0 Å². The zero-order valence-corrected chi connectivity index (χ0v) is 9.56. The van der Waals surface area contributed by atoms with Crippen molar-refractivity contribution in [2.45, 2.75) is 20.3 Å². The second-order valence-corrected chi connectivity index (χ2v) is 4.02. The molecule has 0 aromatic carbocycles. The number of ether oxygens (including phenoxy) is 1. The molecule has 0 unspecified atom stereocenters. The number of carbonyl (C=O) groups is 1. The Morgan fingerprint density at radius 2 is 2.25 bits per heavy atom. The SMILES string of the molecule is CC(C)CCOc1ncc(N)cc1C(N)=O. The molecule has 0 fully saturated rings. The third-order valence-electron chi connectivity index (χ3n) is 2.07. The van der Waals surface area contributed by atoms with Crippen molar-refractivity contribution in [3.63, 3.8) is 0 Å². The van der Waals surface area contributed by atoms with Gasteiger partial charge in [0, 0.05) is 0 Å². The highest BCUT2D eigenvalue weighted by atomic mass is 16.5. The van der Waals surface area contributed by atoms with E-state index in [1.54, 1.807) is 0 Å². The lowest BCUT2D eigenvalue weighted by Gasteiger charge is -2.10. The summed E-state index contributed by atoms with van der Waals surface area (Å²) < 4.78 is 5.40. The van der Waals surface area contributed by atoms with Gasteiger partial charge in [-0.15, -0.1) is 0 Å². The Hall–Kier alpha value is -1.78. The minimum Gasteiger partial charge on any atom is -0.477 e. The molecular weight excluding hydrogens is 206 g/mol. The van der Waals surface area contributed by atoms with E-state index in [1.165, 1.54) is 12.3 Å². The van der Waals surface area contributed by atoms with Crippen LogP contribution in [0.15, 0.2) is 12.3 Å². The number of rotatable bonds is 5. The van der Waals surface area contributed by atoms with Gasteiger partial charge in [-0.2, -0.15) is 0 Å². The number of hydrogen-bond donors (Lipinski definition) is 2. The van der Waals surface area contributed by atoms with E-state index in [0.717, 1.165) is 6.42 Å². The van der Waals surface area contributed by atoms with Crippen molar-refractivity contribution < 1.29 is 9.53 Å². The van der Waals surface area contributed by atoms with Gasteiger partial charge < -0.3 is 16.2 Å². The predicted octanol–water partition coefficient (Wildman–Crippen LogP) is 1.19. The van der Waals surface area contributed by atoms with Crippen LogP contribution in [0.1, 0.15) is 30.6 Å². The predicted molar refractivity (Wildman–Crippen MR) is 62.1 cm³/mol. The van der Waals surface area contributed by atoms with Crippen LogP contribution in [0.3, 0.4) is 0 Å². The van der Waals surface area contributed by atoms with Crippen LogP contribution >= 0.6 is 0 Å².